The first-order valence-electron chi connectivity index (χ1n) is 11.0. The van der Waals surface area contributed by atoms with E-state index in [1.165, 1.54) is 16.8 Å². The lowest BCUT2D eigenvalue weighted by Crippen LogP contribution is -2.50. The molecule has 0 aliphatic carbocycles. The van der Waals surface area contributed by atoms with Gasteiger partial charge in [0, 0.05) is 32.1 Å². The molecule has 4 heterocycles. The van der Waals surface area contributed by atoms with Crippen LogP contribution in [0.15, 0.2) is 23.1 Å². The molecule has 2 fully saturated rings. The lowest BCUT2D eigenvalue weighted by molar-refractivity contribution is -0.0128. The monoisotopic (exact) mass is 457 g/mol. The number of hydrogen-bond acceptors (Lipinski definition) is 8. The van der Waals surface area contributed by atoms with Crippen molar-refractivity contribution in [3.05, 3.63) is 34.5 Å². The topological polar surface area (TPSA) is 109 Å². The Balaban J connectivity index is 1.43. The highest BCUT2D eigenvalue weighted by Gasteiger charge is 2.53. The zero-order chi connectivity index (χ0) is 23.5. The summed E-state index contributed by atoms with van der Waals surface area (Å²) in [6.07, 6.45) is 2.29. The van der Waals surface area contributed by atoms with E-state index in [4.69, 9.17) is 0 Å². The van der Waals surface area contributed by atoms with Crippen molar-refractivity contribution >= 4 is 16.7 Å². The van der Waals surface area contributed by atoms with Gasteiger partial charge in [-0.05, 0) is 38.8 Å². The molecule has 2 N–H and O–H groups in total. The summed E-state index contributed by atoms with van der Waals surface area (Å²) < 4.78 is 29.6. The number of anilines is 1. The van der Waals surface area contributed by atoms with Crippen molar-refractivity contribution in [3.63, 3.8) is 0 Å². The Hall–Kier alpha value is -3.21. The summed E-state index contributed by atoms with van der Waals surface area (Å²) in [5, 5.41) is 22.2. The Bertz CT molecular complexity index is 1280. The number of phenols is 1. The summed E-state index contributed by atoms with van der Waals surface area (Å²) in [7, 11) is 1.80. The molecule has 0 radical (unpaired) electrons. The molecule has 2 saturated heterocycles. The van der Waals surface area contributed by atoms with Gasteiger partial charge in [0.05, 0.1) is 28.7 Å². The molecule has 33 heavy (non-hydrogen) atoms. The highest BCUT2D eigenvalue weighted by Crippen LogP contribution is 2.40. The van der Waals surface area contributed by atoms with Gasteiger partial charge in [0.2, 0.25) is 0 Å². The second-order valence-corrected chi connectivity index (χ2v) is 8.85. The van der Waals surface area contributed by atoms with Gasteiger partial charge in [-0.3, -0.25) is 9.36 Å². The van der Waals surface area contributed by atoms with Crippen LogP contribution >= 0.6 is 0 Å². The normalized spacial score (nSPS) is 23.7. The smallest absolute Gasteiger partial charge is 0.264 e. The number of nitrogens with one attached hydrogen (secondary N) is 1. The van der Waals surface area contributed by atoms with Gasteiger partial charge in [-0.15, -0.1) is 10.2 Å². The predicted molar refractivity (Wildman–Crippen MR) is 119 cm³/mol. The van der Waals surface area contributed by atoms with E-state index in [9.17, 15) is 18.7 Å². The third-order valence-corrected chi connectivity index (χ3v) is 6.81. The van der Waals surface area contributed by atoms with E-state index >= 15 is 0 Å². The van der Waals surface area contributed by atoms with Crippen LogP contribution < -0.4 is 15.8 Å². The Kier molecular flexibility index (Phi) is 5.04. The van der Waals surface area contributed by atoms with Gasteiger partial charge in [0.25, 0.3) is 11.5 Å². The molecule has 1 aromatic carbocycles. The van der Waals surface area contributed by atoms with Crippen molar-refractivity contribution in [2.75, 3.05) is 11.9 Å². The molecule has 9 nitrogen and oxygen atoms in total. The molecule has 5 rings (SSSR count). The van der Waals surface area contributed by atoms with Gasteiger partial charge >= 0.3 is 0 Å². The second kappa shape index (κ2) is 7.68. The standard InChI is InChI=1S/C22H25F2N7O2/c1-4-31-11(2)26-16-7-15(17(32)8-14(16)21(31)33)20-25-10-19(28-29-20)30(3)13-5-12-9-22(23,24)18(6-13)27-12/h7-8,10,12-13,18,27,32H,4-6,9H2,1-3H3/t12?,13-,18?/m1/s1. The van der Waals surface area contributed by atoms with E-state index in [0.717, 1.165) is 0 Å². The maximum atomic E-state index is 14.0. The molecule has 2 aliphatic heterocycles. The summed E-state index contributed by atoms with van der Waals surface area (Å²) in [5.41, 5.74) is 0.523. The largest absolute Gasteiger partial charge is 0.507 e. The van der Waals surface area contributed by atoms with Crippen LogP contribution in [-0.2, 0) is 6.54 Å². The number of aryl methyl sites for hydroxylation is 1. The fraction of sp³-hybridized carbons (Fsp3) is 0.500. The highest BCUT2D eigenvalue weighted by molar-refractivity contribution is 5.86. The highest BCUT2D eigenvalue weighted by atomic mass is 19.3. The fourth-order valence-electron chi connectivity index (χ4n) is 5.00. The number of benzene rings is 1. The van der Waals surface area contributed by atoms with Gasteiger partial charge in [0.15, 0.2) is 11.6 Å². The van der Waals surface area contributed by atoms with Gasteiger partial charge in [-0.2, -0.15) is 0 Å². The molecule has 3 aromatic rings. The van der Waals surface area contributed by atoms with Gasteiger partial charge in [0.1, 0.15) is 11.6 Å². The second-order valence-electron chi connectivity index (χ2n) is 8.85. The Morgan fingerprint density at radius 2 is 2.09 bits per heavy atom. The van der Waals surface area contributed by atoms with Crippen LogP contribution in [0.1, 0.15) is 32.0 Å². The maximum Gasteiger partial charge on any atom is 0.264 e. The summed E-state index contributed by atoms with van der Waals surface area (Å²) in [5.74, 6) is -1.61. The number of piperidine rings is 1. The average Bonchev–Trinajstić information content (AvgIpc) is 2.99. The van der Waals surface area contributed by atoms with Crippen LogP contribution in [0.3, 0.4) is 0 Å². The SMILES string of the molecule is CCn1c(C)nc2cc(-c3ncc(N(C)[C@@H]4CC5CC(F)(F)C(C4)N5)nn3)c(O)cc2c1=O. The van der Waals surface area contributed by atoms with E-state index in [1.54, 1.807) is 20.0 Å². The molecule has 3 atom stereocenters. The maximum absolute atomic E-state index is 14.0. The number of nitrogens with zero attached hydrogens (tertiary/aromatic N) is 6. The zero-order valence-corrected chi connectivity index (χ0v) is 18.6. The van der Waals surface area contributed by atoms with Crippen molar-refractivity contribution in [1.82, 2.24) is 30.0 Å². The average molecular weight is 457 g/mol. The number of halogens is 2. The lowest BCUT2D eigenvalue weighted by Gasteiger charge is -2.35. The van der Waals surface area contributed by atoms with E-state index in [-0.39, 0.29) is 35.6 Å². The van der Waals surface area contributed by atoms with E-state index in [0.29, 0.717) is 47.5 Å². The molecule has 0 spiro atoms. The number of aromatic nitrogens is 5. The van der Waals surface area contributed by atoms with Crippen LogP contribution in [0.25, 0.3) is 22.3 Å². The van der Waals surface area contributed by atoms with Crippen molar-refractivity contribution in [3.8, 4) is 17.1 Å². The number of hydrogen-bond donors (Lipinski definition) is 2. The number of aromatic hydroxyl groups is 1. The first-order chi connectivity index (χ1) is 15.7. The molecule has 2 aromatic heterocycles. The quantitative estimate of drug-likeness (QED) is 0.614. The van der Waals surface area contributed by atoms with Crippen molar-refractivity contribution in [1.29, 1.82) is 0 Å². The molecular weight excluding hydrogens is 432 g/mol. The van der Waals surface area contributed by atoms with Gasteiger partial charge < -0.3 is 15.3 Å². The predicted octanol–water partition coefficient (Wildman–Crippen LogP) is 2.25. The number of phenolic OH excluding ortho intramolecular Hbond substituents is 1. The van der Waals surface area contributed by atoms with Crippen molar-refractivity contribution in [2.24, 2.45) is 0 Å². The van der Waals surface area contributed by atoms with Crippen LogP contribution in [-0.4, -0.2) is 60.9 Å². The molecular formula is C22H25F2N7O2. The van der Waals surface area contributed by atoms with Crippen LogP contribution in [0, 0.1) is 6.92 Å². The first kappa shape index (κ1) is 21.6. The minimum absolute atomic E-state index is 0.0986. The molecule has 174 valence electrons. The zero-order valence-electron chi connectivity index (χ0n) is 18.6. The van der Waals surface area contributed by atoms with E-state index in [1.807, 2.05) is 11.8 Å². The Morgan fingerprint density at radius 1 is 1.30 bits per heavy atom. The molecule has 2 unspecified atom stereocenters. The first-order valence-corrected chi connectivity index (χ1v) is 11.0. The Morgan fingerprint density at radius 3 is 2.76 bits per heavy atom. The van der Waals surface area contributed by atoms with Crippen molar-refractivity contribution < 1.29 is 13.9 Å². The summed E-state index contributed by atoms with van der Waals surface area (Å²) in [6, 6.07) is 1.81. The summed E-state index contributed by atoms with van der Waals surface area (Å²) >= 11 is 0. The van der Waals surface area contributed by atoms with E-state index in [2.05, 4.69) is 25.5 Å². The third kappa shape index (κ3) is 3.60. The summed E-state index contributed by atoms with van der Waals surface area (Å²) in [4.78, 5) is 23.3. The molecule has 2 bridgehead atoms. The minimum atomic E-state index is -2.69. The van der Waals surface area contributed by atoms with Crippen LogP contribution in [0.4, 0.5) is 14.6 Å². The summed E-state index contributed by atoms with van der Waals surface area (Å²) in [6.45, 7) is 4.09. The fourth-order valence-corrected chi connectivity index (χ4v) is 5.00. The number of alkyl halides is 2. The van der Waals surface area contributed by atoms with E-state index < -0.39 is 12.0 Å². The third-order valence-electron chi connectivity index (χ3n) is 6.81. The molecule has 0 amide bonds. The molecule has 11 heteroatoms. The van der Waals surface area contributed by atoms with Gasteiger partial charge in [-0.1, -0.05) is 0 Å². The van der Waals surface area contributed by atoms with Gasteiger partial charge in [-0.25, -0.2) is 18.7 Å². The number of rotatable bonds is 4. The molecule has 0 saturated carbocycles. The van der Waals surface area contributed by atoms with Crippen LogP contribution in [0.5, 0.6) is 5.75 Å². The van der Waals surface area contributed by atoms with Crippen molar-refractivity contribution in [2.45, 2.75) is 63.7 Å². The van der Waals surface area contributed by atoms with Crippen LogP contribution in [0.2, 0.25) is 0 Å². The molecule has 2 aliphatic rings. The lowest BCUT2D eigenvalue weighted by atomic mass is 9.98. The Labute approximate surface area is 188 Å². The minimum Gasteiger partial charge on any atom is -0.507 e. The number of fused-ring (bicyclic) bond motifs is 3.